The maximum atomic E-state index is 11.6. The van der Waals surface area contributed by atoms with Gasteiger partial charge in [-0.1, -0.05) is 32.0 Å². The van der Waals surface area contributed by atoms with Gasteiger partial charge in [0.15, 0.2) is 0 Å². The molecule has 1 aromatic rings. The van der Waals surface area contributed by atoms with Gasteiger partial charge in [0.25, 0.3) is 0 Å². The number of hydrazine groups is 1. The first kappa shape index (κ1) is 10.7. The largest absolute Gasteiger partial charge is 0.273 e. The predicted octanol–water partition coefficient (Wildman–Crippen LogP) is 1.86. The van der Waals surface area contributed by atoms with E-state index in [1.807, 2.05) is 45.0 Å². The summed E-state index contributed by atoms with van der Waals surface area (Å²) >= 11 is 0. The minimum atomic E-state index is -0.0837. The maximum absolute atomic E-state index is 11.6. The van der Waals surface area contributed by atoms with Crippen molar-refractivity contribution in [2.24, 2.45) is 11.8 Å². The van der Waals surface area contributed by atoms with Crippen LogP contribution in [0.1, 0.15) is 19.4 Å². The lowest BCUT2D eigenvalue weighted by atomic mass is 10.1. The lowest BCUT2D eigenvalue weighted by molar-refractivity contribution is -0.121. The van der Waals surface area contributed by atoms with E-state index in [9.17, 15) is 4.79 Å². The molecule has 14 heavy (non-hydrogen) atoms. The third-order valence-electron chi connectivity index (χ3n) is 2.11. The molecule has 0 saturated carbocycles. The van der Waals surface area contributed by atoms with Gasteiger partial charge in [0.1, 0.15) is 0 Å². The quantitative estimate of drug-likeness (QED) is 0.441. The summed E-state index contributed by atoms with van der Waals surface area (Å²) in [6.45, 7) is 5.60. The Labute approximate surface area is 84.5 Å². The van der Waals surface area contributed by atoms with E-state index >= 15 is 0 Å². The normalized spacial score (nSPS) is 10.4. The fourth-order valence-corrected chi connectivity index (χ4v) is 1.23. The van der Waals surface area contributed by atoms with E-state index in [1.54, 1.807) is 0 Å². The summed E-state index contributed by atoms with van der Waals surface area (Å²) in [5.41, 5.74) is 1.77. The summed E-state index contributed by atoms with van der Waals surface area (Å²) in [7, 11) is 0. The van der Waals surface area contributed by atoms with Crippen LogP contribution in [-0.4, -0.2) is 5.91 Å². The zero-order chi connectivity index (χ0) is 10.7. The van der Waals surface area contributed by atoms with Crippen LogP contribution in [0, 0.1) is 12.8 Å². The van der Waals surface area contributed by atoms with Gasteiger partial charge in [-0.2, -0.15) is 0 Å². The third-order valence-corrected chi connectivity index (χ3v) is 2.11. The van der Waals surface area contributed by atoms with Crippen LogP contribution in [-0.2, 0) is 4.79 Å². The molecule has 0 atom stereocenters. The molecule has 0 spiro atoms. The highest BCUT2D eigenvalue weighted by molar-refractivity contribution is 5.94. The molecule has 0 fully saturated rings. The number of rotatable bonds is 2. The van der Waals surface area contributed by atoms with Crippen molar-refractivity contribution in [1.82, 2.24) is 0 Å². The summed E-state index contributed by atoms with van der Waals surface area (Å²) in [4.78, 5) is 11.6. The average Bonchev–Trinajstić information content (AvgIpc) is 2.16. The Morgan fingerprint density at radius 2 is 1.93 bits per heavy atom. The van der Waals surface area contributed by atoms with Gasteiger partial charge in [-0.15, -0.1) is 0 Å². The Morgan fingerprint density at radius 1 is 1.36 bits per heavy atom. The van der Waals surface area contributed by atoms with Gasteiger partial charge in [0.2, 0.25) is 5.91 Å². The monoisotopic (exact) mass is 192 g/mol. The van der Waals surface area contributed by atoms with Crippen LogP contribution >= 0.6 is 0 Å². The lowest BCUT2D eigenvalue weighted by Gasteiger charge is -2.20. The summed E-state index contributed by atoms with van der Waals surface area (Å²) in [6, 6.07) is 7.57. The molecule has 76 valence electrons. The Bertz CT molecular complexity index is 334. The summed E-state index contributed by atoms with van der Waals surface area (Å²) in [5.74, 6) is 5.57. The van der Waals surface area contributed by atoms with Gasteiger partial charge >= 0.3 is 0 Å². The average molecular weight is 192 g/mol. The molecular formula is C11H16N2O. The van der Waals surface area contributed by atoms with E-state index in [1.165, 1.54) is 5.01 Å². The molecule has 0 heterocycles. The summed E-state index contributed by atoms with van der Waals surface area (Å²) < 4.78 is 0. The van der Waals surface area contributed by atoms with Crippen molar-refractivity contribution in [3.8, 4) is 0 Å². The van der Waals surface area contributed by atoms with Gasteiger partial charge < -0.3 is 0 Å². The van der Waals surface area contributed by atoms with Gasteiger partial charge in [-0.25, -0.2) is 10.9 Å². The van der Waals surface area contributed by atoms with E-state index in [0.717, 1.165) is 11.3 Å². The molecule has 0 aliphatic carbocycles. The smallest absolute Gasteiger partial charge is 0.243 e. The number of para-hydroxylation sites is 1. The van der Waals surface area contributed by atoms with Crippen molar-refractivity contribution in [1.29, 1.82) is 0 Å². The number of anilines is 1. The number of amides is 1. The van der Waals surface area contributed by atoms with Crippen LogP contribution in [0.5, 0.6) is 0 Å². The minimum absolute atomic E-state index is 0.0701. The first-order chi connectivity index (χ1) is 6.54. The summed E-state index contributed by atoms with van der Waals surface area (Å²) in [6.07, 6.45) is 0. The van der Waals surface area contributed by atoms with Crippen LogP contribution in [0.2, 0.25) is 0 Å². The molecule has 0 unspecified atom stereocenters. The predicted molar refractivity (Wildman–Crippen MR) is 57.7 cm³/mol. The van der Waals surface area contributed by atoms with E-state index < -0.39 is 0 Å². The topological polar surface area (TPSA) is 46.3 Å². The first-order valence-corrected chi connectivity index (χ1v) is 4.68. The molecule has 3 heteroatoms. The van der Waals surface area contributed by atoms with Crippen LogP contribution in [0.15, 0.2) is 24.3 Å². The molecule has 0 aliphatic heterocycles. The van der Waals surface area contributed by atoms with Gasteiger partial charge in [0, 0.05) is 5.92 Å². The highest BCUT2D eigenvalue weighted by atomic mass is 16.2. The van der Waals surface area contributed by atoms with Gasteiger partial charge in [0.05, 0.1) is 5.69 Å². The van der Waals surface area contributed by atoms with Crippen LogP contribution in [0.4, 0.5) is 5.69 Å². The van der Waals surface area contributed by atoms with E-state index in [4.69, 9.17) is 5.84 Å². The Hall–Kier alpha value is -1.35. The number of hydrogen-bond donors (Lipinski definition) is 1. The molecule has 3 nitrogen and oxygen atoms in total. The second-order valence-electron chi connectivity index (χ2n) is 3.65. The molecule has 1 aromatic carbocycles. The Morgan fingerprint density at radius 3 is 2.43 bits per heavy atom. The third kappa shape index (κ3) is 2.12. The van der Waals surface area contributed by atoms with Gasteiger partial charge in [-0.05, 0) is 18.6 Å². The molecule has 0 aliphatic rings. The molecule has 1 rings (SSSR count). The number of aryl methyl sites for hydroxylation is 1. The van der Waals surface area contributed by atoms with Crippen molar-refractivity contribution in [2.75, 3.05) is 5.01 Å². The number of hydrogen-bond acceptors (Lipinski definition) is 2. The number of nitrogens with two attached hydrogens (primary N) is 1. The standard InChI is InChI=1S/C11H16N2O/c1-8(2)11(14)13(12)10-7-5-4-6-9(10)3/h4-8H,12H2,1-3H3. The number of carbonyl (C=O) groups is 1. The zero-order valence-electron chi connectivity index (χ0n) is 8.82. The van der Waals surface area contributed by atoms with Crippen molar-refractivity contribution in [3.63, 3.8) is 0 Å². The zero-order valence-corrected chi connectivity index (χ0v) is 8.82. The molecule has 2 N–H and O–H groups in total. The Kier molecular flexibility index (Phi) is 3.25. The van der Waals surface area contributed by atoms with Crippen LogP contribution in [0.3, 0.4) is 0 Å². The van der Waals surface area contributed by atoms with Crippen molar-refractivity contribution in [2.45, 2.75) is 20.8 Å². The van der Waals surface area contributed by atoms with Crippen LogP contribution in [0.25, 0.3) is 0 Å². The van der Waals surface area contributed by atoms with E-state index in [-0.39, 0.29) is 11.8 Å². The second-order valence-corrected chi connectivity index (χ2v) is 3.65. The number of nitrogens with zero attached hydrogens (tertiary/aromatic N) is 1. The summed E-state index contributed by atoms with van der Waals surface area (Å²) in [5, 5.41) is 1.22. The molecule has 0 saturated heterocycles. The highest BCUT2D eigenvalue weighted by Gasteiger charge is 2.16. The van der Waals surface area contributed by atoms with Crippen molar-refractivity contribution in [3.05, 3.63) is 29.8 Å². The minimum Gasteiger partial charge on any atom is -0.273 e. The lowest BCUT2D eigenvalue weighted by Crippen LogP contribution is -2.40. The molecule has 0 radical (unpaired) electrons. The Balaban J connectivity index is 2.95. The number of benzene rings is 1. The second kappa shape index (κ2) is 4.24. The molecule has 0 aromatic heterocycles. The number of carbonyl (C=O) groups excluding carboxylic acids is 1. The fraction of sp³-hybridized carbons (Fsp3) is 0.364. The van der Waals surface area contributed by atoms with Crippen molar-refractivity contribution >= 4 is 11.6 Å². The fourth-order valence-electron chi connectivity index (χ4n) is 1.23. The van der Waals surface area contributed by atoms with Crippen molar-refractivity contribution < 1.29 is 4.79 Å². The molecule has 1 amide bonds. The molecule has 0 bridgehead atoms. The highest BCUT2D eigenvalue weighted by Crippen LogP contribution is 2.17. The van der Waals surface area contributed by atoms with E-state index in [2.05, 4.69) is 0 Å². The maximum Gasteiger partial charge on any atom is 0.243 e. The SMILES string of the molecule is Cc1ccccc1N(N)C(=O)C(C)C. The van der Waals surface area contributed by atoms with E-state index in [0.29, 0.717) is 0 Å². The van der Waals surface area contributed by atoms with Gasteiger partial charge in [-0.3, -0.25) is 4.79 Å². The first-order valence-electron chi connectivity index (χ1n) is 4.68. The molecular weight excluding hydrogens is 176 g/mol. The van der Waals surface area contributed by atoms with Crippen LogP contribution < -0.4 is 10.9 Å².